The van der Waals surface area contributed by atoms with Crippen molar-refractivity contribution in [2.45, 2.75) is 57.2 Å². The van der Waals surface area contributed by atoms with Crippen LogP contribution < -0.4 is 15.0 Å². The molecule has 1 aliphatic carbocycles. The van der Waals surface area contributed by atoms with E-state index in [4.69, 9.17) is 9.15 Å². The highest BCUT2D eigenvalue weighted by Crippen LogP contribution is 2.34. The van der Waals surface area contributed by atoms with Crippen molar-refractivity contribution < 1.29 is 32.2 Å². The largest absolute Gasteiger partial charge is 0.504 e. The van der Waals surface area contributed by atoms with Crippen molar-refractivity contribution in [1.82, 2.24) is 4.98 Å². The van der Waals surface area contributed by atoms with Crippen LogP contribution in [-0.4, -0.2) is 41.4 Å². The summed E-state index contributed by atoms with van der Waals surface area (Å²) in [5, 5.41) is 12.7. The van der Waals surface area contributed by atoms with Crippen molar-refractivity contribution in [1.29, 1.82) is 0 Å². The Labute approximate surface area is 177 Å². The number of aromatic nitrogens is 1. The van der Waals surface area contributed by atoms with Gasteiger partial charge in [0.2, 0.25) is 0 Å². The topological polar surface area (TPSA) is 87.8 Å². The molecule has 2 N–H and O–H groups in total. The fourth-order valence-electron chi connectivity index (χ4n) is 3.93. The Morgan fingerprint density at radius 1 is 1.23 bits per heavy atom. The number of hydrogen-bond donors (Lipinski definition) is 2. The summed E-state index contributed by atoms with van der Waals surface area (Å²) < 4.78 is 50.0. The molecule has 0 spiro atoms. The molecule has 10 heteroatoms. The maximum atomic E-state index is 13.0. The summed E-state index contributed by atoms with van der Waals surface area (Å²) in [6.07, 6.45) is -0.120. The third kappa shape index (κ3) is 5.23. The number of oxazole rings is 1. The molecule has 31 heavy (non-hydrogen) atoms. The molecular formula is C21H24F3N3O4. The first-order chi connectivity index (χ1) is 14.8. The lowest BCUT2D eigenvalue weighted by atomic mass is 10.2. The maximum Gasteiger partial charge on any atom is 0.396 e. The van der Waals surface area contributed by atoms with Gasteiger partial charge in [-0.05, 0) is 50.7 Å². The average Bonchev–Trinajstić information content (AvgIpc) is 3.44. The second kappa shape index (κ2) is 8.68. The third-order valence-electron chi connectivity index (χ3n) is 5.45. The Balaban J connectivity index is 1.51. The zero-order chi connectivity index (χ0) is 22.0. The summed E-state index contributed by atoms with van der Waals surface area (Å²) in [6, 6.07) is 4.36. The summed E-state index contributed by atoms with van der Waals surface area (Å²) in [6.45, 7) is 1.23. The molecule has 2 aliphatic rings. The first-order valence-electron chi connectivity index (χ1n) is 10.4. The summed E-state index contributed by atoms with van der Waals surface area (Å²) in [5.74, 6) is -1.21. The summed E-state index contributed by atoms with van der Waals surface area (Å²) in [7, 11) is 0. The van der Waals surface area contributed by atoms with Gasteiger partial charge in [0.25, 0.3) is 11.9 Å². The normalized spacial score (nSPS) is 17.3. The maximum absolute atomic E-state index is 13.0. The van der Waals surface area contributed by atoms with Crippen LogP contribution in [0.4, 0.5) is 24.9 Å². The van der Waals surface area contributed by atoms with E-state index in [0.717, 1.165) is 38.5 Å². The van der Waals surface area contributed by atoms with Gasteiger partial charge in [-0.1, -0.05) is 0 Å². The number of carbonyl (C=O) groups is 1. The van der Waals surface area contributed by atoms with E-state index in [1.54, 1.807) is 4.90 Å². The zero-order valence-electron chi connectivity index (χ0n) is 16.9. The van der Waals surface area contributed by atoms with E-state index >= 15 is 0 Å². The van der Waals surface area contributed by atoms with E-state index in [1.165, 1.54) is 18.2 Å². The standard InChI is InChI=1S/C21H24F3N3O4/c22-21(23,24)12-17-18(26-20(31-17)27-9-3-4-10-27)19(29)25-13-7-8-16(15(28)11-13)30-14-5-1-2-6-14/h7-8,11,14,28H,1-6,9-10,12H2,(H,25,29). The van der Waals surface area contributed by atoms with Crippen molar-refractivity contribution >= 4 is 17.6 Å². The molecule has 1 saturated heterocycles. The van der Waals surface area contributed by atoms with Gasteiger partial charge in [0.05, 0.1) is 6.10 Å². The number of phenolic OH excluding ortho intramolecular Hbond substituents is 1. The van der Waals surface area contributed by atoms with Crippen molar-refractivity contribution in [3.8, 4) is 11.5 Å². The molecule has 0 bridgehead atoms. The highest BCUT2D eigenvalue weighted by atomic mass is 19.4. The number of nitrogens with one attached hydrogen (secondary N) is 1. The predicted molar refractivity (Wildman–Crippen MR) is 107 cm³/mol. The molecule has 1 aromatic carbocycles. The van der Waals surface area contributed by atoms with Gasteiger partial charge in [0.1, 0.15) is 12.2 Å². The first kappa shape index (κ1) is 21.3. The lowest BCUT2D eigenvalue weighted by Gasteiger charge is -2.15. The van der Waals surface area contributed by atoms with Gasteiger partial charge < -0.3 is 24.5 Å². The quantitative estimate of drug-likeness (QED) is 0.681. The zero-order valence-corrected chi connectivity index (χ0v) is 16.9. The SMILES string of the molecule is O=C(Nc1ccc(OC2CCCC2)c(O)c1)c1nc(N2CCCC2)oc1CC(F)(F)F. The van der Waals surface area contributed by atoms with Crippen LogP contribution in [0.5, 0.6) is 11.5 Å². The van der Waals surface area contributed by atoms with E-state index in [2.05, 4.69) is 10.3 Å². The summed E-state index contributed by atoms with van der Waals surface area (Å²) >= 11 is 0. The lowest BCUT2D eigenvalue weighted by molar-refractivity contribution is -0.130. The third-order valence-corrected chi connectivity index (χ3v) is 5.45. The van der Waals surface area contributed by atoms with Crippen LogP contribution in [0.3, 0.4) is 0 Å². The van der Waals surface area contributed by atoms with Gasteiger partial charge in [-0.15, -0.1) is 0 Å². The highest BCUT2D eigenvalue weighted by Gasteiger charge is 2.35. The Kier molecular flexibility index (Phi) is 5.97. The van der Waals surface area contributed by atoms with Crippen molar-refractivity contribution in [2.24, 2.45) is 0 Å². The van der Waals surface area contributed by atoms with E-state index in [-0.39, 0.29) is 23.6 Å². The summed E-state index contributed by atoms with van der Waals surface area (Å²) in [4.78, 5) is 18.5. The molecule has 168 valence electrons. The number of carbonyl (C=O) groups excluding carboxylic acids is 1. The Hall–Kier alpha value is -2.91. The van der Waals surface area contributed by atoms with Crippen LogP contribution in [0.2, 0.25) is 0 Å². The van der Waals surface area contributed by atoms with Gasteiger partial charge in [0, 0.05) is 24.8 Å². The summed E-state index contributed by atoms with van der Waals surface area (Å²) in [5.41, 5.74) is -0.199. The fourth-order valence-corrected chi connectivity index (χ4v) is 3.93. The fraction of sp³-hybridized carbons (Fsp3) is 0.524. The van der Waals surface area contributed by atoms with Crippen LogP contribution >= 0.6 is 0 Å². The number of halogens is 3. The van der Waals surface area contributed by atoms with Crippen molar-refractivity contribution in [3.63, 3.8) is 0 Å². The van der Waals surface area contributed by atoms with Gasteiger partial charge in [0.15, 0.2) is 17.2 Å². The van der Waals surface area contributed by atoms with E-state index in [1.807, 2.05) is 0 Å². The van der Waals surface area contributed by atoms with Crippen LogP contribution in [0, 0.1) is 0 Å². The average molecular weight is 439 g/mol. The Morgan fingerprint density at radius 2 is 1.94 bits per heavy atom. The molecule has 1 aliphatic heterocycles. The molecule has 1 saturated carbocycles. The number of hydrogen-bond acceptors (Lipinski definition) is 6. The lowest BCUT2D eigenvalue weighted by Crippen LogP contribution is -2.19. The van der Waals surface area contributed by atoms with Gasteiger partial charge in [-0.3, -0.25) is 4.79 Å². The number of benzene rings is 1. The molecular weight excluding hydrogens is 415 g/mol. The van der Waals surface area contributed by atoms with E-state index in [0.29, 0.717) is 18.8 Å². The minimum atomic E-state index is -4.55. The van der Waals surface area contributed by atoms with E-state index in [9.17, 15) is 23.1 Å². The molecule has 0 radical (unpaired) electrons. The molecule has 2 aromatic rings. The highest BCUT2D eigenvalue weighted by molar-refractivity contribution is 6.04. The molecule has 1 aromatic heterocycles. The molecule has 7 nitrogen and oxygen atoms in total. The van der Waals surface area contributed by atoms with Crippen LogP contribution in [0.15, 0.2) is 22.6 Å². The van der Waals surface area contributed by atoms with Crippen LogP contribution in [0.1, 0.15) is 54.8 Å². The number of ether oxygens (including phenoxy) is 1. The number of alkyl halides is 3. The van der Waals surface area contributed by atoms with Crippen molar-refractivity contribution in [2.75, 3.05) is 23.3 Å². The minimum Gasteiger partial charge on any atom is -0.504 e. The molecule has 0 unspecified atom stereocenters. The van der Waals surface area contributed by atoms with Gasteiger partial charge in [-0.25, -0.2) is 0 Å². The Morgan fingerprint density at radius 3 is 2.58 bits per heavy atom. The predicted octanol–water partition coefficient (Wildman–Crippen LogP) is 4.66. The Bertz CT molecular complexity index is 932. The molecule has 2 heterocycles. The smallest absolute Gasteiger partial charge is 0.396 e. The number of phenols is 1. The first-order valence-corrected chi connectivity index (χ1v) is 10.4. The number of rotatable bonds is 6. The second-order valence-electron chi connectivity index (χ2n) is 7.92. The molecule has 4 rings (SSSR count). The molecule has 1 amide bonds. The van der Waals surface area contributed by atoms with Crippen molar-refractivity contribution in [3.05, 3.63) is 29.7 Å². The minimum absolute atomic E-state index is 0.0186. The molecule has 2 fully saturated rings. The monoisotopic (exact) mass is 439 g/mol. The number of aromatic hydroxyl groups is 1. The second-order valence-corrected chi connectivity index (χ2v) is 7.92. The number of nitrogens with zero attached hydrogens (tertiary/aromatic N) is 2. The van der Waals surface area contributed by atoms with Gasteiger partial charge in [-0.2, -0.15) is 18.2 Å². The van der Waals surface area contributed by atoms with E-state index < -0.39 is 30.0 Å². The van der Waals surface area contributed by atoms with Crippen LogP contribution in [-0.2, 0) is 6.42 Å². The number of anilines is 2. The number of amides is 1. The molecule has 0 atom stereocenters. The van der Waals surface area contributed by atoms with Crippen LogP contribution in [0.25, 0.3) is 0 Å². The van der Waals surface area contributed by atoms with Gasteiger partial charge >= 0.3 is 6.18 Å².